The van der Waals surface area contributed by atoms with Crippen LogP contribution < -0.4 is 0 Å². The summed E-state index contributed by atoms with van der Waals surface area (Å²) in [6.45, 7) is 7.85. The number of aliphatic carboxylic acids is 1. The summed E-state index contributed by atoms with van der Waals surface area (Å²) in [5.74, 6) is -2.74. The maximum Gasteiger partial charge on any atom is 0.343 e. The van der Waals surface area contributed by atoms with Gasteiger partial charge in [0.15, 0.2) is 5.16 Å². The molecule has 0 aromatic heterocycles. The van der Waals surface area contributed by atoms with E-state index >= 15 is 0 Å². The Kier molecular flexibility index (Phi) is 5.50. The fourth-order valence-corrected chi connectivity index (χ4v) is 2.42. The van der Waals surface area contributed by atoms with E-state index in [-0.39, 0.29) is 0 Å². The lowest BCUT2D eigenvalue weighted by Gasteiger charge is -2.32. The van der Waals surface area contributed by atoms with E-state index in [0.717, 1.165) is 6.08 Å². The Balaban J connectivity index is 5.70. The summed E-state index contributed by atoms with van der Waals surface area (Å²) in [5.41, 5.74) is -0.989. The van der Waals surface area contributed by atoms with Gasteiger partial charge in [0.1, 0.15) is 5.60 Å². The molecular formula is C11H19O7P. The van der Waals surface area contributed by atoms with Crippen molar-refractivity contribution in [2.75, 3.05) is 0 Å². The molecule has 0 spiro atoms. The zero-order valence-corrected chi connectivity index (χ0v) is 12.0. The first-order valence-corrected chi connectivity index (χ1v) is 7.09. The molecule has 1 atom stereocenters. The van der Waals surface area contributed by atoms with Gasteiger partial charge < -0.3 is 19.6 Å². The second-order valence-corrected chi connectivity index (χ2v) is 7.08. The van der Waals surface area contributed by atoms with Crippen molar-refractivity contribution in [3.63, 3.8) is 0 Å². The molecule has 0 aliphatic rings. The Hall–Kier alpha value is -1.17. The molecule has 0 aliphatic carbocycles. The molecule has 0 rings (SSSR count). The number of hydrogen-bond acceptors (Lipinski definition) is 4. The number of hydrogen-bond donors (Lipinski definition) is 3. The van der Waals surface area contributed by atoms with Gasteiger partial charge in [-0.2, -0.15) is 0 Å². The number of carboxylic acid groups (broad SMARTS) is 1. The molecule has 0 aliphatic heterocycles. The molecule has 19 heavy (non-hydrogen) atoms. The number of carbonyl (C=O) groups is 2. The molecule has 0 aromatic carbocycles. The molecule has 0 saturated carbocycles. The molecule has 0 radical (unpaired) electrons. The minimum Gasteiger partial charge on any atom is -0.481 e. The van der Waals surface area contributed by atoms with Gasteiger partial charge in [0.25, 0.3) is 0 Å². The van der Waals surface area contributed by atoms with Crippen molar-refractivity contribution in [1.82, 2.24) is 0 Å². The van der Waals surface area contributed by atoms with Gasteiger partial charge in [-0.15, -0.1) is 6.58 Å². The van der Waals surface area contributed by atoms with Gasteiger partial charge in [-0.1, -0.05) is 6.08 Å². The first-order chi connectivity index (χ1) is 8.35. The third-order valence-electron chi connectivity index (χ3n) is 2.26. The lowest BCUT2D eigenvalue weighted by molar-refractivity contribution is -0.161. The van der Waals surface area contributed by atoms with Gasteiger partial charge in [0, 0.05) is 0 Å². The van der Waals surface area contributed by atoms with Crippen LogP contribution in [0.5, 0.6) is 0 Å². The highest BCUT2D eigenvalue weighted by molar-refractivity contribution is 7.54. The number of allylic oxidation sites excluding steroid dienone is 1. The average molecular weight is 294 g/mol. The predicted octanol–water partition coefficient (Wildman–Crippen LogP) is 1.30. The van der Waals surface area contributed by atoms with Crippen LogP contribution in [0.25, 0.3) is 0 Å². The number of carboxylic acids is 1. The largest absolute Gasteiger partial charge is 0.481 e. The van der Waals surface area contributed by atoms with Crippen molar-refractivity contribution in [1.29, 1.82) is 0 Å². The van der Waals surface area contributed by atoms with Crippen LogP contribution in [0.3, 0.4) is 0 Å². The minimum absolute atomic E-state index is 0.488. The smallest absolute Gasteiger partial charge is 0.343 e. The Labute approximate surface area is 111 Å². The van der Waals surface area contributed by atoms with E-state index in [2.05, 4.69) is 6.58 Å². The Morgan fingerprint density at radius 2 is 1.79 bits per heavy atom. The molecule has 0 amide bonds. The number of carbonyl (C=O) groups excluding carboxylic acids is 1. The summed E-state index contributed by atoms with van der Waals surface area (Å²) in [4.78, 5) is 41.6. The summed E-state index contributed by atoms with van der Waals surface area (Å²) < 4.78 is 16.5. The molecule has 0 saturated heterocycles. The van der Waals surface area contributed by atoms with Crippen LogP contribution in [0.4, 0.5) is 0 Å². The van der Waals surface area contributed by atoms with Crippen molar-refractivity contribution in [2.45, 2.75) is 44.4 Å². The highest BCUT2D eigenvalue weighted by Gasteiger charge is 2.56. The third-order valence-corrected chi connectivity index (χ3v) is 3.90. The quantitative estimate of drug-likeness (QED) is 0.383. The maximum atomic E-state index is 12.0. The first kappa shape index (κ1) is 17.8. The summed E-state index contributed by atoms with van der Waals surface area (Å²) in [6, 6.07) is 0. The summed E-state index contributed by atoms with van der Waals surface area (Å²) in [7, 11) is -5.05. The Morgan fingerprint density at radius 1 is 1.32 bits per heavy atom. The number of rotatable bonds is 6. The summed E-state index contributed by atoms with van der Waals surface area (Å²) in [5, 5.41) is 6.36. The minimum atomic E-state index is -5.05. The van der Waals surface area contributed by atoms with E-state index in [1.807, 2.05) is 0 Å². The Morgan fingerprint density at radius 3 is 2.05 bits per heavy atom. The van der Waals surface area contributed by atoms with Gasteiger partial charge in [-0.3, -0.25) is 14.2 Å². The monoisotopic (exact) mass is 294 g/mol. The van der Waals surface area contributed by atoms with Gasteiger partial charge >= 0.3 is 19.5 Å². The zero-order chi connectivity index (χ0) is 15.5. The van der Waals surface area contributed by atoms with Crippen LogP contribution in [0, 0.1) is 0 Å². The van der Waals surface area contributed by atoms with E-state index < -0.39 is 43.1 Å². The Bertz CT molecular complexity index is 417. The lowest BCUT2D eigenvalue weighted by atomic mass is 9.99. The normalized spacial score (nSPS) is 15.4. The second kappa shape index (κ2) is 5.86. The predicted molar refractivity (Wildman–Crippen MR) is 67.7 cm³/mol. The van der Waals surface area contributed by atoms with Crippen LogP contribution in [0.1, 0.15) is 33.6 Å². The standard InChI is InChI=1S/C11H19O7P/c1-5-6-11(7-8(12)13,19(15,16)17)9(14)18-10(2,3)4/h5H,1,6-7H2,2-4H3,(H,12,13)(H2,15,16,17). The van der Waals surface area contributed by atoms with E-state index in [9.17, 15) is 23.9 Å². The van der Waals surface area contributed by atoms with Gasteiger partial charge in [-0.05, 0) is 27.2 Å². The van der Waals surface area contributed by atoms with Crippen LogP contribution in [-0.4, -0.2) is 37.6 Å². The SMILES string of the molecule is C=CCC(CC(=O)O)(C(=O)OC(C)(C)C)P(=O)(O)O. The fourth-order valence-electron chi connectivity index (χ4n) is 1.43. The van der Waals surface area contributed by atoms with Gasteiger partial charge in [0.05, 0.1) is 6.42 Å². The summed E-state index contributed by atoms with van der Waals surface area (Å²) in [6.07, 6.45) is -0.428. The zero-order valence-electron chi connectivity index (χ0n) is 11.1. The fraction of sp³-hybridized carbons (Fsp3) is 0.636. The van der Waals surface area contributed by atoms with E-state index in [0.29, 0.717) is 0 Å². The van der Waals surface area contributed by atoms with Gasteiger partial charge in [-0.25, -0.2) is 0 Å². The van der Waals surface area contributed by atoms with Gasteiger partial charge in [0.2, 0.25) is 0 Å². The molecule has 0 heterocycles. The van der Waals surface area contributed by atoms with Crippen molar-refractivity contribution in [3.05, 3.63) is 12.7 Å². The first-order valence-electron chi connectivity index (χ1n) is 5.47. The molecule has 110 valence electrons. The molecule has 1 unspecified atom stereocenters. The van der Waals surface area contributed by atoms with E-state index in [1.165, 1.54) is 20.8 Å². The highest BCUT2D eigenvalue weighted by Crippen LogP contribution is 2.55. The van der Waals surface area contributed by atoms with Crippen molar-refractivity contribution in [2.24, 2.45) is 0 Å². The molecule has 0 aromatic rings. The maximum absolute atomic E-state index is 12.0. The van der Waals surface area contributed by atoms with Crippen LogP contribution in [-0.2, 0) is 18.9 Å². The lowest BCUT2D eigenvalue weighted by Crippen LogP contribution is -2.44. The average Bonchev–Trinajstić information content (AvgIpc) is 2.11. The molecule has 8 heteroatoms. The topological polar surface area (TPSA) is 121 Å². The number of esters is 1. The van der Waals surface area contributed by atoms with Crippen LogP contribution >= 0.6 is 7.60 Å². The van der Waals surface area contributed by atoms with E-state index in [1.54, 1.807) is 0 Å². The highest BCUT2D eigenvalue weighted by atomic mass is 31.2. The van der Waals surface area contributed by atoms with Crippen LogP contribution in [0.15, 0.2) is 12.7 Å². The second-order valence-electron chi connectivity index (χ2n) is 5.14. The van der Waals surface area contributed by atoms with E-state index in [4.69, 9.17) is 9.84 Å². The van der Waals surface area contributed by atoms with Crippen LogP contribution in [0.2, 0.25) is 0 Å². The molecule has 0 fully saturated rings. The molecule has 0 bridgehead atoms. The summed E-state index contributed by atoms with van der Waals surface area (Å²) >= 11 is 0. The van der Waals surface area contributed by atoms with Crippen molar-refractivity contribution < 1.29 is 33.8 Å². The molecular weight excluding hydrogens is 275 g/mol. The van der Waals surface area contributed by atoms with Crippen molar-refractivity contribution >= 4 is 19.5 Å². The third kappa shape index (κ3) is 4.78. The van der Waals surface area contributed by atoms with Crippen molar-refractivity contribution in [3.8, 4) is 0 Å². The molecule has 7 nitrogen and oxygen atoms in total. The molecule has 3 N–H and O–H groups in total. The number of ether oxygens (including phenoxy) is 1.